The van der Waals surface area contributed by atoms with Crippen molar-refractivity contribution in [2.75, 3.05) is 13.2 Å². The minimum atomic E-state index is -3.73. The van der Waals surface area contributed by atoms with Gasteiger partial charge in [-0.3, -0.25) is 4.98 Å². The number of aliphatic hydroxyl groups excluding tert-OH is 1. The summed E-state index contributed by atoms with van der Waals surface area (Å²) < 4.78 is 38.6. The zero-order chi connectivity index (χ0) is 12.9. The minimum absolute atomic E-state index is 0.00438. The fourth-order valence-corrected chi connectivity index (χ4v) is 2.34. The van der Waals surface area contributed by atoms with E-state index in [4.69, 9.17) is 5.11 Å². The SMILES string of the molecule is CC(CCO)CNS(=O)(=O)c1cncc(F)c1. The molecule has 0 spiro atoms. The van der Waals surface area contributed by atoms with Gasteiger partial charge in [0.05, 0.1) is 6.20 Å². The number of hydrogen-bond acceptors (Lipinski definition) is 4. The lowest BCUT2D eigenvalue weighted by molar-refractivity contribution is 0.263. The maximum absolute atomic E-state index is 12.8. The van der Waals surface area contributed by atoms with E-state index in [0.717, 1.165) is 18.5 Å². The fraction of sp³-hybridized carbons (Fsp3) is 0.500. The third-order valence-electron chi connectivity index (χ3n) is 2.23. The van der Waals surface area contributed by atoms with Crippen molar-refractivity contribution in [3.8, 4) is 0 Å². The topological polar surface area (TPSA) is 79.3 Å². The van der Waals surface area contributed by atoms with Gasteiger partial charge in [0.2, 0.25) is 10.0 Å². The molecule has 0 aliphatic heterocycles. The quantitative estimate of drug-likeness (QED) is 0.783. The molecule has 0 fully saturated rings. The predicted molar refractivity (Wildman–Crippen MR) is 60.3 cm³/mol. The number of pyridine rings is 1. The van der Waals surface area contributed by atoms with Crippen molar-refractivity contribution >= 4 is 10.0 Å². The van der Waals surface area contributed by atoms with Crippen LogP contribution in [0.1, 0.15) is 13.3 Å². The number of aliphatic hydroxyl groups is 1. The number of nitrogens with zero attached hydrogens (tertiary/aromatic N) is 1. The first kappa shape index (κ1) is 14.0. The van der Waals surface area contributed by atoms with Crippen LogP contribution < -0.4 is 4.72 Å². The number of aromatic nitrogens is 1. The first-order valence-corrected chi connectivity index (χ1v) is 6.65. The number of hydrogen-bond donors (Lipinski definition) is 2. The van der Waals surface area contributed by atoms with E-state index in [1.54, 1.807) is 0 Å². The molecule has 1 atom stereocenters. The van der Waals surface area contributed by atoms with Crippen LogP contribution in [0.15, 0.2) is 23.4 Å². The Labute approximate surface area is 99.7 Å². The molecule has 0 amide bonds. The summed E-state index contributed by atoms with van der Waals surface area (Å²) in [6, 6.07) is 0.909. The third kappa shape index (κ3) is 4.37. The molecule has 96 valence electrons. The minimum Gasteiger partial charge on any atom is -0.396 e. The van der Waals surface area contributed by atoms with Crippen molar-refractivity contribution in [1.29, 1.82) is 0 Å². The molecular weight excluding hydrogens is 247 g/mol. The van der Waals surface area contributed by atoms with Crippen molar-refractivity contribution in [3.63, 3.8) is 0 Å². The van der Waals surface area contributed by atoms with Gasteiger partial charge in [-0.2, -0.15) is 0 Å². The van der Waals surface area contributed by atoms with E-state index < -0.39 is 15.8 Å². The predicted octanol–water partition coefficient (Wildman–Crippen LogP) is 0.518. The maximum atomic E-state index is 12.8. The molecular formula is C10H15FN2O3S. The van der Waals surface area contributed by atoms with Crippen LogP contribution in [-0.4, -0.2) is 31.7 Å². The second-order valence-electron chi connectivity index (χ2n) is 3.81. The molecule has 0 radical (unpaired) electrons. The van der Waals surface area contributed by atoms with E-state index in [1.165, 1.54) is 0 Å². The second kappa shape index (κ2) is 6.04. The monoisotopic (exact) mass is 262 g/mol. The highest BCUT2D eigenvalue weighted by atomic mass is 32.2. The molecule has 0 saturated carbocycles. The van der Waals surface area contributed by atoms with E-state index in [1.807, 2.05) is 6.92 Å². The van der Waals surface area contributed by atoms with E-state index in [2.05, 4.69) is 9.71 Å². The highest BCUT2D eigenvalue weighted by Crippen LogP contribution is 2.09. The summed E-state index contributed by atoms with van der Waals surface area (Å²) in [5, 5.41) is 8.68. The molecule has 1 rings (SSSR count). The standard InChI is InChI=1S/C10H15FN2O3S/c1-8(2-3-14)5-13-17(15,16)10-4-9(11)6-12-7-10/h4,6-8,13-14H,2-3,5H2,1H3. The Bertz CT molecular complexity index is 464. The molecule has 0 bridgehead atoms. The van der Waals surface area contributed by atoms with Gasteiger partial charge in [-0.15, -0.1) is 0 Å². The van der Waals surface area contributed by atoms with E-state index in [0.29, 0.717) is 6.42 Å². The van der Waals surface area contributed by atoms with Crippen LogP contribution in [-0.2, 0) is 10.0 Å². The van der Waals surface area contributed by atoms with Gasteiger partial charge < -0.3 is 5.11 Å². The number of rotatable bonds is 6. The molecule has 0 aliphatic rings. The first-order valence-electron chi connectivity index (χ1n) is 5.17. The Morgan fingerprint density at radius 3 is 2.82 bits per heavy atom. The summed E-state index contributed by atoms with van der Waals surface area (Å²) in [5.41, 5.74) is 0. The van der Waals surface area contributed by atoms with Crippen molar-refractivity contribution < 1.29 is 17.9 Å². The summed E-state index contributed by atoms with van der Waals surface area (Å²) in [6.45, 7) is 2.01. The van der Waals surface area contributed by atoms with Gasteiger partial charge in [-0.25, -0.2) is 17.5 Å². The van der Waals surface area contributed by atoms with Gasteiger partial charge in [0.25, 0.3) is 0 Å². The number of halogens is 1. The average molecular weight is 262 g/mol. The summed E-state index contributed by atoms with van der Waals surface area (Å²) in [7, 11) is -3.73. The summed E-state index contributed by atoms with van der Waals surface area (Å²) in [6.07, 6.45) is 2.53. The second-order valence-corrected chi connectivity index (χ2v) is 5.58. The number of sulfonamides is 1. The van der Waals surface area contributed by atoms with E-state index in [9.17, 15) is 12.8 Å². The lowest BCUT2D eigenvalue weighted by Crippen LogP contribution is -2.29. The normalized spacial score (nSPS) is 13.6. The average Bonchev–Trinajstić information content (AvgIpc) is 2.27. The highest BCUT2D eigenvalue weighted by molar-refractivity contribution is 7.89. The zero-order valence-corrected chi connectivity index (χ0v) is 10.2. The third-order valence-corrected chi connectivity index (χ3v) is 3.62. The molecule has 1 aromatic rings. The van der Waals surface area contributed by atoms with Crippen LogP contribution >= 0.6 is 0 Å². The van der Waals surface area contributed by atoms with E-state index >= 15 is 0 Å². The fourth-order valence-electron chi connectivity index (χ4n) is 1.20. The van der Waals surface area contributed by atoms with Crippen molar-refractivity contribution in [2.24, 2.45) is 5.92 Å². The van der Waals surface area contributed by atoms with Gasteiger partial charge in [0, 0.05) is 19.3 Å². The molecule has 0 aromatic carbocycles. The van der Waals surface area contributed by atoms with E-state index in [-0.39, 0.29) is 24.0 Å². The molecule has 5 nitrogen and oxygen atoms in total. The molecule has 1 unspecified atom stereocenters. The Morgan fingerprint density at radius 2 is 2.24 bits per heavy atom. The van der Waals surface area contributed by atoms with Crippen LogP contribution in [0.4, 0.5) is 4.39 Å². The van der Waals surface area contributed by atoms with Crippen LogP contribution in [0.2, 0.25) is 0 Å². The molecule has 1 aromatic heterocycles. The molecule has 7 heteroatoms. The van der Waals surface area contributed by atoms with Gasteiger partial charge in [0.15, 0.2) is 0 Å². The smallest absolute Gasteiger partial charge is 0.242 e. The lowest BCUT2D eigenvalue weighted by atomic mass is 10.1. The summed E-state index contributed by atoms with van der Waals surface area (Å²) in [5.74, 6) is -0.687. The lowest BCUT2D eigenvalue weighted by Gasteiger charge is -2.11. The van der Waals surface area contributed by atoms with Crippen LogP contribution in [0.5, 0.6) is 0 Å². The maximum Gasteiger partial charge on any atom is 0.242 e. The van der Waals surface area contributed by atoms with Crippen molar-refractivity contribution in [1.82, 2.24) is 9.71 Å². The van der Waals surface area contributed by atoms with Gasteiger partial charge >= 0.3 is 0 Å². The van der Waals surface area contributed by atoms with Gasteiger partial charge in [-0.1, -0.05) is 6.92 Å². The summed E-state index contributed by atoms with van der Waals surface area (Å²) >= 11 is 0. The molecule has 17 heavy (non-hydrogen) atoms. The molecule has 0 saturated heterocycles. The summed E-state index contributed by atoms with van der Waals surface area (Å²) in [4.78, 5) is 3.28. The Hall–Kier alpha value is -1.05. The largest absolute Gasteiger partial charge is 0.396 e. The van der Waals surface area contributed by atoms with Crippen molar-refractivity contribution in [2.45, 2.75) is 18.2 Å². The Kier molecular flexibility index (Phi) is 4.98. The Morgan fingerprint density at radius 1 is 1.53 bits per heavy atom. The molecule has 0 aliphatic carbocycles. The molecule has 2 N–H and O–H groups in total. The van der Waals surface area contributed by atoms with Gasteiger partial charge in [0.1, 0.15) is 10.7 Å². The Balaban J connectivity index is 2.69. The van der Waals surface area contributed by atoms with Crippen LogP contribution in [0.3, 0.4) is 0 Å². The number of nitrogens with one attached hydrogen (secondary N) is 1. The van der Waals surface area contributed by atoms with Crippen LogP contribution in [0.25, 0.3) is 0 Å². The zero-order valence-electron chi connectivity index (χ0n) is 9.43. The van der Waals surface area contributed by atoms with Gasteiger partial charge in [-0.05, 0) is 18.4 Å². The van der Waals surface area contributed by atoms with Crippen molar-refractivity contribution in [3.05, 3.63) is 24.3 Å². The van der Waals surface area contributed by atoms with Crippen LogP contribution in [0, 0.1) is 11.7 Å². The first-order chi connectivity index (χ1) is 7.95. The molecule has 1 heterocycles. The highest BCUT2D eigenvalue weighted by Gasteiger charge is 2.16.